The molecule has 0 amide bonds. The van der Waals surface area contributed by atoms with Crippen LogP contribution in [0.4, 0.5) is 13.2 Å². The molecule has 12 rings (SSSR count). The molecule has 0 fully saturated rings. The monoisotopic (exact) mass is 1180 g/mol. The van der Waals surface area contributed by atoms with E-state index in [2.05, 4.69) is 140 Å². The molecule has 9 aromatic carbocycles. The second-order valence-electron chi connectivity index (χ2n) is 20.8. The molecule has 3 aromatic heterocycles. The van der Waals surface area contributed by atoms with Crippen molar-refractivity contribution in [1.29, 1.82) is 0 Å². The normalized spacial score (nSPS) is 12.6. The minimum atomic E-state index is -4.41. The van der Waals surface area contributed by atoms with Crippen LogP contribution < -0.4 is 0 Å². The van der Waals surface area contributed by atoms with Crippen LogP contribution in [0.5, 0.6) is 0 Å². The van der Waals surface area contributed by atoms with Gasteiger partial charge in [0.2, 0.25) is 0 Å². The van der Waals surface area contributed by atoms with Gasteiger partial charge in [-0.25, -0.2) is 0 Å². The Bertz CT molecular complexity index is 4110. The minimum Gasteiger partial charge on any atom is -0.500 e. The maximum absolute atomic E-state index is 13.5. The summed E-state index contributed by atoms with van der Waals surface area (Å²) in [7, 11) is 0. The van der Waals surface area contributed by atoms with Gasteiger partial charge >= 0.3 is 6.18 Å². The number of aromatic nitrogens is 3. The first-order valence-electron chi connectivity index (χ1n) is 26.4. The second-order valence-corrected chi connectivity index (χ2v) is 20.8. The summed E-state index contributed by atoms with van der Waals surface area (Å²) in [6.07, 6.45) is -4.18. The van der Waals surface area contributed by atoms with Crippen LogP contribution >= 0.6 is 0 Å². The number of fused-ring (bicyclic) bond motifs is 8. The Morgan fingerprint density at radius 3 is 1.95 bits per heavy atom. The number of hydrogen-bond acceptors (Lipinski definition) is 3. The van der Waals surface area contributed by atoms with E-state index in [-0.39, 0.29) is 31.9 Å². The zero-order valence-corrected chi connectivity index (χ0v) is 45.7. The molecule has 12 aromatic rings. The molecule has 0 spiro atoms. The van der Waals surface area contributed by atoms with Crippen LogP contribution in [-0.4, -0.2) is 14.5 Å². The van der Waals surface area contributed by atoms with E-state index in [0.717, 1.165) is 95.0 Å². The molecular formula is C68H56F3IrN3O-2. The smallest absolute Gasteiger partial charge is 0.416 e. The van der Waals surface area contributed by atoms with Crippen molar-refractivity contribution in [3.63, 3.8) is 0 Å². The van der Waals surface area contributed by atoms with E-state index in [1.54, 1.807) is 18.3 Å². The fraction of sp³-hybridized carbons (Fsp3) is 0.176. The summed E-state index contributed by atoms with van der Waals surface area (Å²) in [6, 6.07) is 65.2. The second kappa shape index (κ2) is 20.8. The first-order valence-corrected chi connectivity index (χ1v) is 25.4. The number of pyridine rings is 1. The van der Waals surface area contributed by atoms with E-state index >= 15 is 0 Å². The number of para-hydroxylation sites is 2. The van der Waals surface area contributed by atoms with Crippen molar-refractivity contribution in [2.75, 3.05) is 0 Å². The quantitative estimate of drug-likeness (QED) is 0.112. The molecule has 1 radical (unpaired) electrons. The van der Waals surface area contributed by atoms with Crippen LogP contribution in [0.3, 0.4) is 0 Å². The molecule has 0 saturated carbocycles. The number of alkyl halides is 3. The van der Waals surface area contributed by atoms with Crippen LogP contribution in [0.2, 0.25) is 0 Å². The number of furan rings is 1. The Morgan fingerprint density at radius 1 is 0.618 bits per heavy atom. The van der Waals surface area contributed by atoms with Crippen molar-refractivity contribution in [2.24, 2.45) is 5.41 Å². The van der Waals surface area contributed by atoms with Crippen molar-refractivity contribution in [1.82, 2.24) is 14.5 Å². The van der Waals surface area contributed by atoms with Gasteiger partial charge in [0.05, 0.1) is 28.0 Å². The van der Waals surface area contributed by atoms with E-state index < -0.39 is 23.5 Å². The van der Waals surface area contributed by atoms with Crippen molar-refractivity contribution < 1.29 is 40.4 Å². The summed E-state index contributed by atoms with van der Waals surface area (Å²) < 4.78 is 66.2. The first-order chi connectivity index (χ1) is 36.9. The molecule has 8 heteroatoms. The largest absolute Gasteiger partial charge is 0.500 e. The zero-order chi connectivity index (χ0) is 54.0. The Morgan fingerprint density at radius 2 is 1.29 bits per heavy atom. The van der Waals surface area contributed by atoms with E-state index in [1.807, 2.05) is 87.5 Å². The maximum atomic E-state index is 13.5. The summed E-state index contributed by atoms with van der Waals surface area (Å²) in [5.74, 6) is 1.17. The summed E-state index contributed by atoms with van der Waals surface area (Å²) in [5, 5.41) is 5.68. The van der Waals surface area contributed by atoms with Crippen LogP contribution in [0.1, 0.15) is 85.3 Å². The molecule has 0 N–H and O–H groups in total. The summed E-state index contributed by atoms with van der Waals surface area (Å²) >= 11 is 0. The summed E-state index contributed by atoms with van der Waals surface area (Å²) in [5.41, 5.74) is 12.8. The molecule has 0 aliphatic carbocycles. The van der Waals surface area contributed by atoms with Gasteiger partial charge in [-0.15, -0.1) is 54.1 Å². The molecule has 0 aliphatic rings. The van der Waals surface area contributed by atoms with E-state index in [9.17, 15) is 13.2 Å². The maximum Gasteiger partial charge on any atom is 0.416 e. The Kier molecular flexibility index (Phi) is 13.5. The van der Waals surface area contributed by atoms with Gasteiger partial charge in [0, 0.05) is 45.5 Å². The molecule has 76 heavy (non-hydrogen) atoms. The molecule has 0 saturated heterocycles. The predicted octanol–water partition coefficient (Wildman–Crippen LogP) is 19.4. The Labute approximate surface area is 458 Å². The Balaban J connectivity index is 0.000000292. The molecule has 0 unspecified atom stereocenters. The fourth-order valence-corrected chi connectivity index (χ4v) is 10.3. The average molecular weight is 1180 g/mol. The number of benzene rings is 9. The third kappa shape index (κ3) is 10.0. The van der Waals surface area contributed by atoms with Crippen LogP contribution in [0.15, 0.2) is 193 Å². The zero-order valence-electron chi connectivity index (χ0n) is 45.3. The molecule has 0 aliphatic heterocycles. The molecule has 3 heterocycles. The SMILES string of the molecule is CC(C)c1cc(-c2ccccc2)cc(C(C)C)c1-n1c(-c2[c-]ccc3c2oc2c3ccc3cc(-c4ccc(C(F)(F)F)cc4)c4ccccc4c32)nc2ccccc21.[2H]C([2H])(c1ccc(-c2[c-]cccc2)nc1)C(C)(C)C.[Ir]. The van der Waals surface area contributed by atoms with Gasteiger partial charge in [-0.3, -0.25) is 4.98 Å². The van der Waals surface area contributed by atoms with Gasteiger partial charge in [-0.05, 0) is 127 Å². The van der Waals surface area contributed by atoms with Gasteiger partial charge in [-0.1, -0.05) is 163 Å². The van der Waals surface area contributed by atoms with Gasteiger partial charge < -0.3 is 14.0 Å². The number of hydrogen-bond donors (Lipinski definition) is 0. The number of nitrogens with zero attached hydrogens (tertiary/aromatic N) is 3. The van der Waals surface area contributed by atoms with Crippen LogP contribution in [-0.2, 0) is 32.7 Å². The van der Waals surface area contributed by atoms with E-state index in [4.69, 9.17) is 12.1 Å². The topological polar surface area (TPSA) is 43.9 Å². The van der Waals surface area contributed by atoms with Gasteiger partial charge in [0.25, 0.3) is 0 Å². The van der Waals surface area contributed by atoms with Gasteiger partial charge in [0.1, 0.15) is 5.58 Å². The predicted molar refractivity (Wildman–Crippen MR) is 303 cm³/mol. The number of imidazole rings is 1. The number of rotatable bonds is 8. The van der Waals surface area contributed by atoms with Crippen LogP contribution in [0, 0.1) is 17.5 Å². The average Bonchev–Trinajstić information content (AvgIpc) is 4.20. The van der Waals surface area contributed by atoms with Gasteiger partial charge in [-0.2, -0.15) is 13.2 Å². The summed E-state index contributed by atoms with van der Waals surface area (Å²) in [4.78, 5) is 9.70. The van der Waals surface area contributed by atoms with E-state index in [0.29, 0.717) is 16.7 Å². The molecule has 4 nitrogen and oxygen atoms in total. The summed E-state index contributed by atoms with van der Waals surface area (Å²) in [6.45, 7) is 14.7. The molecule has 0 atom stereocenters. The number of halogens is 3. The third-order valence-corrected chi connectivity index (χ3v) is 13.7. The standard InChI is InChI=1S/C52H38F3N2O.C16H18N.Ir/c1-30(2)42-28-35(32-13-6-5-7-14-32)29-43(31(3)4)48(42)57-46-20-11-10-19-45(46)56-51(57)41-18-12-17-39-40-26-23-34-27-44(33-21-24-36(25-22-33)52(53,54)55)37-15-8-9-16-38(37)47(34)50(40)58-49(39)41;1-16(2,3)11-13-9-10-15(17-12-13)14-7-5-4-6-8-14;/h5-17,19-31H,1-4H3;4-7,9-10,12H,11H2,1-3H3;/q2*-1;/i;11D2;. The van der Waals surface area contributed by atoms with Crippen molar-refractivity contribution in [2.45, 2.75) is 72.9 Å². The van der Waals surface area contributed by atoms with E-state index in [1.165, 1.54) is 22.3 Å². The van der Waals surface area contributed by atoms with Crippen molar-refractivity contribution >= 4 is 54.5 Å². The first kappa shape index (κ1) is 49.2. The molecular weight excluding hydrogens is 1120 g/mol. The van der Waals surface area contributed by atoms with Crippen molar-refractivity contribution in [3.05, 3.63) is 223 Å². The van der Waals surface area contributed by atoms with Crippen molar-refractivity contribution in [3.8, 4) is 50.6 Å². The molecule has 381 valence electrons. The fourth-order valence-electron chi connectivity index (χ4n) is 10.3. The van der Waals surface area contributed by atoms with Gasteiger partial charge in [0.15, 0.2) is 0 Å². The van der Waals surface area contributed by atoms with Crippen LogP contribution in [0.25, 0.3) is 105 Å². The minimum absolute atomic E-state index is 0. The third-order valence-electron chi connectivity index (χ3n) is 13.7. The molecule has 0 bridgehead atoms. The Hall–Kier alpha value is -7.64.